The van der Waals surface area contributed by atoms with Gasteiger partial charge in [0.05, 0.1) is 30.4 Å². The lowest BCUT2D eigenvalue weighted by Crippen LogP contribution is -2.39. The number of fused-ring (bicyclic) bond motifs is 1. The van der Waals surface area contributed by atoms with Crippen LogP contribution in [0.4, 0.5) is 0 Å². The summed E-state index contributed by atoms with van der Waals surface area (Å²) >= 11 is 0. The predicted molar refractivity (Wildman–Crippen MR) is 96.5 cm³/mol. The molecule has 0 radical (unpaired) electrons. The number of hydrogen-bond acceptors (Lipinski definition) is 6. The van der Waals surface area contributed by atoms with E-state index in [-0.39, 0.29) is 36.4 Å². The second kappa shape index (κ2) is 8.43. The van der Waals surface area contributed by atoms with Crippen LogP contribution in [0, 0.1) is 6.92 Å². The molecule has 0 bridgehead atoms. The molecule has 1 amide bonds. The highest BCUT2D eigenvalue weighted by Crippen LogP contribution is 2.35. The van der Waals surface area contributed by atoms with E-state index in [0.29, 0.717) is 25.9 Å². The quantitative estimate of drug-likeness (QED) is 0.660. The predicted octanol–water partition coefficient (Wildman–Crippen LogP) is 0.680. The van der Waals surface area contributed by atoms with E-state index in [1.807, 2.05) is 32.9 Å². The SMILES string of the molecule is Cc1cccnc1CNCC1OC2CC(CC(=O)NC(C)C)OC2C1O. The normalized spacial score (nSPS) is 30.6. The van der Waals surface area contributed by atoms with Crippen molar-refractivity contribution in [1.82, 2.24) is 15.6 Å². The fourth-order valence-corrected chi connectivity index (χ4v) is 3.63. The minimum absolute atomic E-state index is 0.0246. The first kappa shape index (κ1) is 19.2. The van der Waals surface area contributed by atoms with Crippen molar-refractivity contribution >= 4 is 5.91 Å². The van der Waals surface area contributed by atoms with Gasteiger partial charge in [-0.25, -0.2) is 0 Å². The zero-order valence-electron chi connectivity index (χ0n) is 15.6. The molecule has 7 nitrogen and oxygen atoms in total. The van der Waals surface area contributed by atoms with E-state index in [1.54, 1.807) is 6.20 Å². The summed E-state index contributed by atoms with van der Waals surface area (Å²) in [7, 11) is 0. The van der Waals surface area contributed by atoms with Gasteiger partial charge in [0, 0.05) is 31.7 Å². The number of aryl methyl sites for hydroxylation is 1. The maximum Gasteiger partial charge on any atom is 0.222 e. The third-order valence-electron chi connectivity index (χ3n) is 4.90. The standard InChI is InChI=1S/C19H29N3O4/c1-11(2)22-17(23)8-13-7-15-19(25-13)18(24)16(26-15)10-20-9-14-12(3)5-4-6-21-14/h4-6,11,13,15-16,18-20,24H,7-10H2,1-3H3,(H,22,23). The lowest BCUT2D eigenvalue weighted by molar-refractivity contribution is -0.125. The third kappa shape index (κ3) is 4.59. The highest BCUT2D eigenvalue weighted by atomic mass is 16.6. The number of rotatable bonds is 7. The summed E-state index contributed by atoms with van der Waals surface area (Å²) in [5.74, 6) is -0.0246. The molecule has 144 valence electrons. The van der Waals surface area contributed by atoms with E-state index in [4.69, 9.17) is 9.47 Å². The number of pyridine rings is 1. The summed E-state index contributed by atoms with van der Waals surface area (Å²) in [4.78, 5) is 16.2. The highest BCUT2D eigenvalue weighted by Gasteiger charge is 2.50. The van der Waals surface area contributed by atoms with Gasteiger partial charge in [-0.05, 0) is 32.4 Å². The van der Waals surface area contributed by atoms with E-state index >= 15 is 0 Å². The highest BCUT2D eigenvalue weighted by molar-refractivity contribution is 5.76. The molecule has 2 saturated heterocycles. The topological polar surface area (TPSA) is 92.7 Å². The van der Waals surface area contributed by atoms with Crippen molar-refractivity contribution in [3.63, 3.8) is 0 Å². The van der Waals surface area contributed by atoms with Crippen LogP contribution >= 0.6 is 0 Å². The number of amides is 1. The lowest BCUT2D eigenvalue weighted by atomic mass is 10.1. The maximum atomic E-state index is 11.9. The Labute approximate surface area is 154 Å². The van der Waals surface area contributed by atoms with Gasteiger partial charge in [0.15, 0.2) is 0 Å². The Balaban J connectivity index is 1.43. The fraction of sp³-hybridized carbons (Fsp3) is 0.684. The molecule has 2 aliphatic heterocycles. The molecule has 3 N–H and O–H groups in total. The number of nitrogens with one attached hydrogen (secondary N) is 2. The van der Waals surface area contributed by atoms with Crippen LogP contribution in [-0.4, -0.2) is 59.1 Å². The first-order valence-electron chi connectivity index (χ1n) is 9.33. The van der Waals surface area contributed by atoms with Crippen molar-refractivity contribution in [3.05, 3.63) is 29.6 Å². The molecule has 3 heterocycles. The number of aliphatic hydroxyl groups is 1. The van der Waals surface area contributed by atoms with E-state index in [0.717, 1.165) is 11.3 Å². The Morgan fingerprint density at radius 1 is 1.42 bits per heavy atom. The van der Waals surface area contributed by atoms with Crippen molar-refractivity contribution in [2.24, 2.45) is 0 Å². The molecule has 1 aromatic rings. The molecule has 1 aromatic heterocycles. The largest absolute Gasteiger partial charge is 0.388 e. The molecule has 0 saturated carbocycles. The van der Waals surface area contributed by atoms with Gasteiger partial charge in [0.1, 0.15) is 12.2 Å². The minimum Gasteiger partial charge on any atom is -0.388 e. The molecular formula is C19H29N3O4. The number of aliphatic hydroxyl groups excluding tert-OH is 1. The van der Waals surface area contributed by atoms with Gasteiger partial charge in [-0.15, -0.1) is 0 Å². The molecule has 2 fully saturated rings. The molecule has 5 atom stereocenters. The molecule has 0 aliphatic carbocycles. The summed E-state index contributed by atoms with van der Waals surface area (Å²) in [5.41, 5.74) is 2.13. The Bertz CT molecular complexity index is 625. The lowest BCUT2D eigenvalue weighted by Gasteiger charge is -2.20. The minimum atomic E-state index is -0.685. The van der Waals surface area contributed by atoms with E-state index in [2.05, 4.69) is 15.6 Å². The zero-order chi connectivity index (χ0) is 18.7. The Morgan fingerprint density at radius 3 is 2.92 bits per heavy atom. The van der Waals surface area contributed by atoms with Crippen molar-refractivity contribution in [1.29, 1.82) is 0 Å². The van der Waals surface area contributed by atoms with E-state index in [9.17, 15) is 9.90 Å². The molecule has 2 aliphatic rings. The first-order valence-corrected chi connectivity index (χ1v) is 9.33. The van der Waals surface area contributed by atoms with Gasteiger partial charge in [-0.3, -0.25) is 9.78 Å². The van der Waals surface area contributed by atoms with E-state index < -0.39 is 6.10 Å². The van der Waals surface area contributed by atoms with Crippen molar-refractivity contribution < 1.29 is 19.4 Å². The Hall–Kier alpha value is -1.54. The van der Waals surface area contributed by atoms with Gasteiger partial charge in [-0.2, -0.15) is 0 Å². The van der Waals surface area contributed by atoms with Crippen LogP contribution in [0.1, 0.15) is 37.9 Å². The molecular weight excluding hydrogens is 334 g/mol. The van der Waals surface area contributed by atoms with Gasteiger partial charge >= 0.3 is 0 Å². The fourth-order valence-electron chi connectivity index (χ4n) is 3.63. The number of aromatic nitrogens is 1. The van der Waals surface area contributed by atoms with Crippen LogP contribution in [0.15, 0.2) is 18.3 Å². The third-order valence-corrected chi connectivity index (χ3v) is 4.90. The second-order valence-electron chi connectivity index (χ2n) is 7.49. The number of carbonyl (C=O) groups excluding carboxylic acids is 1. The second-order valence-corrected chi connectivity index (χ2v) is 7.49. The molecule has 5 unspecified atom stereocenters. The van der Waals surface area contributed by atoms with Crippen LogP contribution in [0.25, 0.3) is 0 Å². The monoisotopic (exact) mass is 363 g/mol. The molecule has 0 aromatic carbocycles. The summed E-state index contributed by atoms with van der Waals surface area (Å²) < 4.78 is 11.9. The summed E-state index contributed by atoms with van der Waals surface area (Å²) in [5, 5.41) is 16.7. The Morgan fingerprint density at radius 2 is 2.23 bits per heavy atom. The molecule has 7 heteroatoms. The van der Waals surface area contributed by atoms with Crippen LogP contribution in [0.2, 0.25) is 0 Å². The van der Waals surface area contributed by atoms with Crippen molar-refractivity contribution in [3.8, 4) is 0 Å². The number of ether oxygens (including phenoxy) is 2. The molecule has 26 heavy (non-hydrogen) atoms. The first-order chi connectivity index (χ1) is 12.4. The summed E-state index contributed by atoms with van der Waals surface area (Å²) in [6.45, 7) is 7.05. The van der Waals surface area contributed by atoms with Gasteiger partial charge in [-0.1, -0.05) is 6.07 Å². The van der Waals surface area contributed by atoms with E-state index in [1.165, 1.54) is 0 Å². The van der Waals surface area contributed by atoms with Gasteiger partial charge in [0.2, 0.25) is 5.91 Å². The number of hydrogen-bond donors (Lipinski definition) is 3. The molecule has 0 spiro atoms. The van der Waals surface area contributed by atoms with Crippen molar-refractivity contribution in [2.45, 2.75) is 76.7 Å². The smallest absolute Gasteiger partial charge is 0.222 e. The van der Waals surface area contributed by atoms with Gasteiger partial charge in [0.25, 0.3) is 0 Å². The van der Waals surface area contributed by atoms with Crippen molar-refractivity contribution in [2.75, 3.05) is 6.54 Å². The average molecular weight is 363 g/mol. The van der Waals surface area contributed by atoms with Crippen LogP contribution in [0.3, 0.4) is 0 Å². The number of carbonyl (C=O) groups is 1. The maximum absolute atomic E-state index is 11.9. The van der Waals surface area contributed by atoms with Crippen LogP contribution in [0.5, 0.6) is 0 Å². The average Bonchev–Trinajstić information content (AvgIpc) is 3.08. The summed E-state index contributed by atoms with van der Waals surface area (Å²) in [6, 6.07) is 4.06. The van der Waals surface area contributed by atoms with Crippen LogP contribution < -0.4 is 10.6 Å². The van der Waals surface area contributed by atoms with Gasteiger partial charge < -0.3 is 25.2 Å². The Kier molecular flexibility index (Phi) is 6.24. The van der Waals surface area contributed by atoms with Crippen LogP contribution in [-0.2, 0) is 20.8 Å². The number of nitrogens with zero attached hydrogens (tertiary/aromatic N) is 1. The molecule has 3 rings (SSSR count). The summed E-state index contributed by atoms with van der Waals surface area (Å²) in [6.07, 6.45) is 1.05. The zero-order valence-corrected chi connectivity index (χ0v) is 15.6.